The van der Waals surface area contributed by atoms with Crippen LogP contribution in [0.3, 0.4) is 0 Å². The summed E-state index contributed by atoms with van der Waals surface area (Å²) in [5.41, 5.74) is 0. The molecule has 0 rings (SSSR count). The summed E-state index contributed by atoms with van der Waals surface area (Å²) in [6, 6.07) is 0. The second-order valence-electron chi connectivity index (χ2n) is 3.84. The first-order chi connectivity index (χ1) is 8.34. The average molecular weight is 265 g/mol. The van der Waals surface area contributed by atoms with Gasteiger partial charge in [-0.1, -0.05) is 6.92 Å². The normalized spacial score (nSPS) is 17.7. The Hall–Kier alpha value is -1.06. The molecule has 0 radical (unpaired) electrons. The Balaban J connectivity index is 4.40. The van der Waals surface area contributed by atoms with Gasteiger partial charge in [-0.2, -0.15) is 0 Å². The summed E-state index contributed by atoms with van der Waals surface area (Å²) in [5, 5.41) is 47.4. The van der Waals surface area contributed by atoms with E-state index in [-0.39, 0.29) is 6.42 Å². The highest BCUT2D eigenvalue weighted by atomic mass is 16.4. The van der Waals surface area contributed by atoms with E-state index in [1.807, 2.05) is 5.32 Å². The maximum Gasteiger partial charge on any atom is 0.258 e. The van der Waals surface area contributed by atoms with E-state index in [0.717, 1.165) is 0 Å². The molecule has 0 aromatic heterocycles. The van der Waals surface area contributed by atoms with Crippen LogP contribution in [0.15, 0.2) is 0 Å². The molecule has 0 aromatic rings. The van der Waals surface area contributed by atoms with Gasteiger partial charge in [0.1, 0.15) is 18.3 Å². The molecule has 0 saturated heterocycles. The second-order valence-corrected chi connectivity index (χ2v) is 3.84. The van der Waals surface area contributed by atoms with E-state index in [1.165, 1.54) is 0 Å². The lowest BCUT2D eigenvalue weighted by atomic mass is 10.0. The zero-order valence-corrected chi connectivity index (χ0v) is 9.98. The van der Waals surface area contributed by atoms with Crippen LogP contribution in [0, 0.1) is 0 Å². The molecule has 0 spiro atoms. The maximum atomic E-state index is 11.3. The van der Waals surface area contributed by atoms with Gasteiger partial charge in [-0.15, -0.1) is 0 Å². The van der Waals surface area contributed by atoms with Gasteiger partial charge >= 0.3 is 0 Å². The third-order valence-electron chi connectivity index (χ3n) is 2.26. The van der Waals surface area contributed by atoms with Crippen LogP contribution in [0.2, 0.25) is 0 Å². The first-order valence-electron chi connectivity index (χ1n) is 5.51. The third-order valence-corrected chi connectivity index (χ3v) is 2.26. The molecular weight excluding hydrogens is 246 g/mol. The Bertz CT molecular complexity index is 283. The topological polar surface area (TPSA) is 147 Å². The second kappa shape index (κ2) is 8.11. The molecule has 4 atom stereocenters. The van der Waals surface area contributed by atoms with E-state index in [0.29, 0.717) is 6.42 Å². The van der Waals surface area contributed by atoms with Crippen molar-refractivity contribution >= 4 is 11.8 Å². The SMILES string of the molecule is CCCC(=O)NC(=O)[C@H](O)[C@@H](O)[C@H](O)[C@H](O)CO. The number of hydrogen-bond acceptors (Lipinski definition) is 7. The number of nitrogens with one attached hydrogen (secondary N) is 1. The lowest BCUT2D eigenvalue weighted by Crippen LogP contribution is -2.52. The van der Waals surface area contributed by atoms with Crippen molar-refractivity contribution in [1.82, 2.24) is 5.32 Å². The Morgan fingerprint density at radius 1 is 1.11 bits per heavy atom. The Morgan fingerprint density at radius 2 is 1.67 bits per heavy atom. The number of carbonyl (C=O) groups excluding carboxylic acids is 2. The largest absolute Gasteiger partial charge is 0.394 e. The summed E-state index contributed by atoms with van der Waals surface area (Å²) in [7, 11) is 0. The van der Waals surface area contributed by atoms with Crippen LogP contribution in [0.1, 0.15) is 19.8 Å². The molecule has 6 N–H and O–H groups in total. The fourth-order valence-corrected chi connectivity index (χ4v) is 1.18. The van der Waals surface area contributed by atoms with Crippen molar-refractivity contribution in [2.75, 3.05) is 6.61 Å². The standard InChI is InChI=1S/C10H19NO7/c1-2-3-6(14)11-10(18)9(17)8(16)7(15)5(13)4-12/h5,7-9,12-13,15-17H,2-4H2,1H3,(H,11,14,18)/t5-,7-,8+,9-/m1/s1. The minimum atomic E-state index is -2.08. The zero-order valence-electron chi connectivity index (χ0n) is 9.98. The van der Waals surface area contributed by atoms with E-state index in [9.17, 15) is 24.9 Å². The van der Waals surface area contributed by atoms with Crippen molar-refractivity contribution in [2.24, 2.45) is 0 Å². The van der Waals surface area contributed by atoms with Gasteiger partial charge < -0.3 is 25.5 Å². The average Bonchev–Trinajstić information content (AvgIpc) is 2.35. The maximum absolute atomic E-state index is 11.3. The van der Waals surface area contributed by atoms with Crippen LogP contribution >= 0.6 is 0 Å². The van der Waals surface area contributed by atoms with Crippen molar-refractivity contribution in [3.05, 3.63) is 0 Å². The minimum absolute atomic E-state index is 0.0797. The molecule has 106 valence electrons. The molecule has 2 amide bonds. The Morgan fingerprint density at radius 3 is 2.11 bits per heavy atom. The summed E-state index contributed by atoms with van der Waals surface area (Å²) in [6.07, 6.45) is -7.12. The van der Waals surface area contributed by atoms with Crippen LogP contribution in [0.5, 0.6) is 0 Å². The monoisotopic (exact) mass is 265 g/mol. The number of imide groups is 1. The highest BCUT2D eigenvalue weighted by Gasteiger charge is 2.34. The van der Waals surface area contributed by atoms with E-state index >= 15 is 0 Å². The summed E-state index contributed by atoms with van der Waals surface area (Å²) in [6.45, 7) is 0.873. The van der Waals surface area contributed by atoms with Gasteiger partial charge in [-0.05, 0) is 6.42 Å². The van der Waals surface area contributed by atoms with Crippen molar-refractivity contribution in [3.8, 4) is 0 Å². The van der Waals surface area contributed by atoms with Crippen molar-refractivity contribution in [2.45, 2.75) is 44.2 Å². The molecule has 0 fully saturated rings. The Kier molecular flexibility index (Phi) is 7.64. The van der Waals surface area contributed by atoms with Gasteiger partial charge in [-0.3, -0.25) is 14.9 Å². The Labute approximate surface area is 104 Å². The van der Waals surface area contributed by atoms with Gasteiger partial charge in [-0.25, -0.2) is 0 Å². The molecule has 0 bridgehead atoms. The third kappa shape index (κ3) is 5.07. The number of rotatable bonds is 7. The fraction of sp³-hybridized carbons (Fsp3) is 0.800. The van der Waals surface area contributed by atoms with Gasteiger partial charge in [0.25, 0.3) is 5.91 Å². The van der Waals surface area contributed by atoms with Crippen molar-refractivity contribution < 1.29 is 35.1 Å². The van der Waals surface area contributed by atoms with Crippen molar-refractivity contribution in [1.29, 1.82) is 0 Å². The summed E-state index contributed by atoms with van der Waals surface area (Å²) in [4.78, 5) is 22.4. The fourth-order valence-electron chi connectivity index (χ4n) is 1.18. The minimum Gasteiger partial charge on any atom is -0.394 e. The highest BCUT2D eigenvalue weighted by Crippen LogP contribution is 2.05. The predicted molar refractivity (Wildman–Crippen MR) is 59.2 cm³/mol. The number of aliphatic hydroxyl groups is 5. The quantitative estimate of drug-likeness (QED) is 0.285. The molecule has 0 aliphatic carbocycles. The summed E-state index contributed by atoms with van der Waals surface area (Å²) < 4.78 is 0. The zero-order chi connectivity index (χ0) is 14.3. The smallest absolute Gasteiger partial charge is 0.258 e. The van der Waals surface area contributed by atoms with Gasteiger partial charge in [0.05, 0.1) is 6.61 Å². The molecule has 18 heavy (non-hydrogen) atoms. The molecule has 0 aliphatic rings. The molecule has 0 unspecified atom stereocenters. The van der Waals surface area contributed by atoms with Gasteiger partial charge in [0, 0.05) is 6.42 Å². The molecular formula is C10H19NO7. The number of hydrogen-bond donors (Lipinski definition) is 6. The van der Waals surface area contributed by atoms with Crippen LogP contribution in [0.25, 0.3) is 0 Å². The molecule has 0 aromatic carbocycles. The molecule has 8 heteroatoms. The van der Waals surface area contributed by atoms with Gasteiger partial charge in [0.15, 0.2) is 6.10 Å². The first kappa shape index (κ1) is 16.9. The lowest BCUT2D eigenvalue weighted by Gasteiger charge is -2.24. The van der Waals surface area contributed by atoms with Crippen LogP contribution in [-0.2, 0) is 9.59 Å². The predicted octanol–water partition coefficient (Wildman–Crippen LogP) is -3.13. The number of amides is 2. The lowest BCUT2D eigenvalue weighted by molar-refractivity contribution is -0.151. The molecule has 0 heterocycles. The highest BCUT2D eigenvalue weighted by molar-refractivity contribution is 5.97. The van der Waals surface area contributed by atoms with E-state index in [1.54, 1.807) is 6.92 Å². The molecule has 0 saturated carbocycles. The number of carbonyl (C=O) groups is 2. The summed E-state index contributed by atoms with van der Waals surface area (Å²) in [5.74, 6) is -1.80. The van der Waals surface area contributed by atoms with Crippen LogP contribution < -0.4 is 5.32 Å². The number of aliphatic hydroxyl groups excluding tert-OH is 5. The van der Waals surface area contributed by atoms with Crippen LogP contribution in [-0.4, -0.2) is 68.4 Å². The molecule has 0 aliphatic heterocycles. The van der Waals surface area contributed by atoms with E-state index in [2.05, 4.69) is 0 Å². The summed E-state index contributed by atoms with van der Waals surface area (Å²) >= 11 is 0. The van der Waals surface area contributed by atoms with Gasteiger partial charge in [0.2, 0.25) is 5.91 Å². The van der Waals surface area contributed by atoms with E-state index < -0.39 is 42.8 Å². The van der Waals surface area contributed by atoms with E-state index in [4.69, 9.17) is 10.2 Å². The van der Waals surface area contributed by atoms with Crippen LogP contribution in [0.4, 0.5) is 0 Å². The molecule has 8 nitrogen and oxygen atoms in total. The first-order valence-corrected chi connectivity index (χ1v) is 5.51. The van der Waals surface area contributed by atoms with Crippen molar-refractivity contribution in [3.63, 3.8) is 0 Å².